The van der Waals surface area contributed by atoms with Crippen LogP contribution < -0.4 is 16.0 Å². The maximum Gasteiger partial charge on any atom is 0.284 e. The number of carbonyl (C=O) groups is 5. The summed E-state index contributed by atoms with van der Waals surface area (Å²) in [5, 5.41) is 22.7. The number of piperidine rings is 1. The number of hydrogen-bond acceptors (Lipinski definition) is 13. The van der Waals surface area contributed by atoms with E-state index in [0.717, 1.165) is 81.5 Å². The molecule has 1 unspecified atom stereocenters. The molecule has 3 atom stereocenters. The Morgan fingerprint density at radius 3 is 2.61 bits per heavy atom. The number of carbonyl (C=O) groups excluding carboxylic acids is 5. The van der Waals surface area contributed by atoms with E-state index in [1.807, 2.05) is 6.07 Å². The molecule has 3 aromatic heterocycles. The number of oxazole rings is 1. The van der Waals surface area contributed by atoms with Crippen LogP contribution in [-0.4, -0.2) is 116 Å². The van der Waals surface area contributed by atoms with Crippen molar-refractivity contribution in [2.75, 3.05) is 50.5 Å². The van der Waals surface area contributed by atoms with E-state index in [1.165, 1.54) is 12.5 Å². The minimum absolute atomic E-state index is 0.0574. The topological polar surface area (TPSA) is 214 Å². The van der Waals surface area contributed by atoms with Gasteiger partial charge in [0.05, 0.1) is 29.0 Å². The molecule has 0 spiro atoms. The van der Waals surface area contributed by atoms with Crippen LogP contribution in [-0.2, 0) is 20.7 Å². The smallest absolute Gasteiger partial charge is 0.284 e. The highest BCUT2D eigenvalue weighted by Gasteiger charge is 2.45. The van der Waals surface area contributed by atoms with Crippen LogP contribution in [0.3, 0.4) is 0 Å². The Labute approximate surface area is 381 Å². The molecule has 3 fully saturated rings. The van der Waals surface area contributed by atoms with E-state index in [2.05, 4.69) is 43.0 Å². The quantitative estimate of drug-likeness (QED) is 0.0611. The summed E-state index contributed by atoms with van der Waals surface area (Å²) in [6.07, 6.45) is 10.5. The Kier molecular flexibility index (Phi) is 14.9. The first-order chi connectivity index (χ1) is 31.9. The van der Waals surface area contributed by atoms with Crippen LogP contribution in [0, 0.1) is 11.8 Å². The second-order valence-corrected chi connectivity index (χ2v) is 17.9. The molecule has 17 nitrogen and oxygen atoms in total. The maximum atomic E-state index is 14.2. The van der Waals surface area contributed by atoms with Gasteiger partial charge in [-0.25, -0.2) is 13.8 Å². The van der Waals surface area contributed by atoms with Crippen molar-refractivity contribution in [3.63, 3.8) is 0 Å². The lowest BCUT2D eigenvalue weighted by atomic mass is 9.83. The number of fused-ring (bicyclic) bond motifs is 1. The van der Waals surface area contributed by atoms with Crippen molar-refractivity contribution in [1.29, 1.82) is 0 Å². The van der Waals surface area contributed by atoms with Gasteiger partial charge in [0.25, 0.3) is 24.1 Å². The second-order valence-electron chi connectivity index (χ2n) is 17.9. The first-order valence-electron chi connectivity index (χ1n) is 23.1. The average molecular weight is 914 g/mol. The molecule has 8 rings (SSSR count). The number of aliphatic hydroxyl groups excluding tert-OH is 1. The Balaban J connectivity index is 0.732. The molecule has 2 aliphatic heterocycles. The first-order valence-corrected chi connectivity index (χ1v) is 23.1. The zero-order valence-electron chi connectivity index (χ0n) is 37.1. The lowest BCUT2D eigenvalue weighted by Gasteiger charge is -2.31. The Bertz CT molecular complexity index is 2400. The molecule has 2 saturated carbocycles. The van der Waals surface area contributed by atoms with Crippen LogP contribution in [0.15, 0.2) is 53.4 Å². The lowest BCUT2D eigenvalue weighted by Crippen LogP contribution is -2.54. The number of ether oxygens (including phenoxy) is 1. The van der Waals surface area contributed by atoms with Gasteiger partial charge in [-0.15, -0.1) is 0 Å². The standard InChI is InChI=1S/C47H57F2N9O8/c1-56(20-6-22-65-21-5-18-51-34-9-4-8-33-40(34)47(64)58(46(33)63)37-15-16-39(60)54-44(37)62)25-28-11-13-32(14-12-28)57-26-35(41(55-57)42(48)49)52-43(61)36-27-66-45(53-36)30-17-19-50-31(24-30)23-29-7-2-3-10-38(29)59/h4,8-9,17,19,24,26-29,32,37-38,42,51,59H,2-3,5-7,10-16,18,20-23,25H2,1H3,(H,52,61)(H,54,60,62)/t28?,29-,32?,37?,38+/m1/s1. The van der Waals surface area contributed by atoms with Gasteiger partial charge in [-0.2, -0.15) is 5.10 Å². The molecule has 352 valence electrons. The van der Waals surface area contributed by atoms with Gasteiger partial charge in [0, 0.05) is 68.6 Å². The molecule has 4 N–H and O–H groups in total. The summed E-state index contributed by atoms with van der Waals surface area (Å²) in [4.78, 5) is 75.7. The molecule has 4 aliphatic rings. The zero-order chi connectivity index (χ0) is 46.3. The van der Waals surface area contributed by atoms with E-state index >= 15 is 0 Å². The summed E-state index contributed by atoms with van der Waals surface area (Å²) >= 11 is 0. The van der Waals surface area contributed by atoms with Gasteiger partial charge in [0.15, 0.2) is 11.4 Å². The van der Waals surface area contributed by atoms with Crippen LogP contribution in [0.25, 0.3) is 11.5 Å². The van der Waals surface area contributed by atoms with Gasteiger partial charge in [-0.1, -0.05) is 18.9 Å². The average Bonchev–Trinajstić information content (AvgIpc) is 4.03. The van der Waals surface area contributed by atoms with E-state index in [0.29, 0.717) is 49.8 Å². The summed E-state index contributed by atoms with van der Waals surface area (Å²) in [6, 6.07) is 7.43. The fourth-order valence-electron chi connectivity index (χ4n) is 9.69. The molecular weight excluding hydrogens is 857 g/mol. The van der Waals surface area contributed by atoms with Gasteiger partial charge in [-0.3, -0.25) is 43.9 Å². The normalized spacial score (nSPS) is 22.3. The van der Waals surface area contributed by atoms with Crippen LogP contribution in [0.4, 0.5) is 20.2 Å². The largest absolute Gasteiger partial charge is 0.444 e. The molecule has 1 saturated heterocycles. The van der Waals surface area contributed by atoms with Crippen molar-refractivity contribution in [2.24, 2.45) is 11.8 Å². The highest BCUT2D eigenvalue weighted by Crippen LogP contribution is 2.36. The van der Waals surface area contributed by atoms with E-state index in [4.69, 9.17) is 9.15 Å². The van der Waals surface area contributed by atoms with Crippen molar-refractivity contribution < 1.29 is 47.0 Å². The number of amides is 5. The van der Waals surface area contributed by atoms with Crippen molar-refractivity contribution in [3.8, 4) is 11.5 Å². The van der Waals surface area contributed by atoms with Gasteiger partial charge in [0.1, 0.15) is 12.3 Å². The van der Waals surface area contributed by atoms with Gasteiger partial charge < -0.3 is 29.8 Å². The number of nitrogens with one attached hydrogen (secondary N) is 3. The van der Waals surface area contributed by atoms with Crippen molar-refractivity contribution in [3.05, 3.63) is 77.2 Å². The minimum atomic E-state index is -2.89. The van der Waals surface area contributed by atoms with E-state index in [9.17, 15) is 37.9 Å². The van der Waals surface area contributed by atoms with Crippen LogP contribution in [0.1, 0.15) is 132 Å². The monoisotopic (exact) mass is 913 g/mol. The Morgan fingerprint density at radius 1 is 1.02 bits per heavy atom. The van der Waals surface area contributed by atoms with Crippen molar-refractivity contribution >= 4 is 40.9 Å². The number of benzene rings is 1. The maximum absolute atomic E-state index is 14.2. The van der Waals surface area contributed by atoms with E-state index < -0.39 is 47.7 Å². The van der Waals surface area contributed by atoms with Crippen LogP contribution >= 0.6 is 0 Å². The summed E-state index contributed by atoms with van der Waals surface area (Å²) in [5.74, 6) is -2.08. The van der Waals surface area contributed by atoms with Crippen LogP contribution in [0.2, 0.25) is 0 Å². The molecule has 66 heavy (non-hydrogen) atoms. The number of hydrogen-bond donors (Lipinski definition) is 4. The molecule has 5 amide bonds. The number of imide groups is 2. The van der Waals surface area contributed by atoms with Gasteiger partial charge in [0.2, 0.25) is 17.7 Å². The third-order valence-electron chi connectivity index (χ3n) is 13.2. The summed E-state index contributed by atoms with van der Waals surface area (Å²) in [5.41, 5.74) is 1.76. The number of nitrogens with zero attached hydrogens (tertiary/aromatic N) is 6. The zero-order valence-corrected chi connectivity index (χ0v) is 37.1. The molecule has 0 radical (unpaired) electrons. The number of pyridine rings is 1. The minimum Gasteiger partial charge on any atom is -0.444 e. The Morgan fingerprint density at radius 2 is 1.82 bits per heavy atom. The number of aromatic nitrogens is 4. The molecule has 2 aliphatic carbocycles. The van der Waals surface area contributed by atoms with Crippen LogP contribution in [0.5, 0.6) is 0 Å². The fourth-order valence-corrected chi connectivity index (χ4v) is 9.69. The van der Waals surface area contributed by atoms with E-state index in [1.54, 1.807) is 35.1 Å². The number of alkyl halides is 2. The molecule has 0 bridgehead atoms. The molecule has 1 aromatic carbocycles. The predicted octanol–water partition coefficient (Wildman–Crippen LogP) is 6.19. The highest BCUT2D eigenvalue weighted by atomic mass is 19.3. The fraction of sp³-hybridized carbons (Fsp3) is 0.532. The third-order valence-corrected chi connectivity index (χ3v) is 13.2. The molecule has 19 heteroatoms. The number of halogens is 2. The summed E-state index contributed by atoms with van der Waals surface area (Å²) in [6.45, 7) is 3.32. The molecule has 5 heterocycles. The number of anilines is 2. The molecule has 4 aromatic rings. The SMILES string of the molecule is CN(CCCOCCCNc1cccc2c1C(=O)N(C1CCC(=O)NC1=O)C2=O)CC1CCC(n2cc(NC(=O)c3coc(-c4ccnc(C[C@H]5CCCC[C@@H]5O)c4)n3)c(C(F)F)n2)CC1. The lowest BCUT2D eigenvalue weighted by molar-refractivity contribution is -0.136. The first kappa shape index (κ1) is 46.6. The van der Waals surface area contributed by atoms with Crippen molar-refractivity contribution in [1.82, 2.24) is 34.9 Å². The predicted molar refractivity (Wildman–Crippen MR) is 237 cm³/mol. The number of rotatable bonds is 19. The summed E-state index contributed by atoms with van der Waals surface area (Å²) in [7, 11) is 2.08. The Hall–Kier alpha value is -5.92. The number of aliphatic hydroxyl groups is 1. The third kappa shape index (κ3) is 10.8. The second kappa shape index (κ2) is 21.1. The highest BCUT2D eigenvalue weighted by molar-refractivity contribution is 6.25. The van der Waals surface area contributed by atoms with Crippen molar-refractivity contribution in [2.45, 2.75) is 108 Å². The summed E-state index contributed by atoms with van der Waals surface area (Å²) < 4.78 is 41.4. The van der Waals surface area contributed by atoms with Gasteiger partial charge >= 0.3 is 0 Å². The van der Waals surface area contributed by atoms with E-state index in [-0.39, 0.29) is 59.3 Å². The molecular formula is C47H57F2N9O8. The van der Waals surface area contributed by atoms with Gasteiger partial charge in [-0.05, 0) is 107 Å².